The maximum atomic E-state index is 12.2. The number of aromatic nitrogens is 1. The van der Waals surface area contributed by atoms with Crippen LogP contribution in [0.4, 0.5) is 5.69 Å². The molecule has 5 nitrogen and oxygen atoms in total. The first kappa shape index (κ1) is 14.0. The van der Waals surface area contributed by atoms with Gasteiger partial charge in [0.1, 0.15) is 18.4 Å². The van der Waals surface area contributed by atoms with Gasteiger partial charge in [-0.15, -0.1) is 0 Å². The van der Waals surface area contributed by atoms with Crippen LogP contribution in [0.5, 0.6) is 11.5 Å². The van der Waals surface area contributed by atoms with E-state index in [1.54, 1.807) is 18.2 Å². The molecule has 21 heavy (non-hydrogen) atoms. The second-order valence-corrected chi connectivity index (χ2v) is 5.09. The lowest BCUT2D eigenvalue weighted by Gasteiger charge is -2.20. The molecule has 0 unspecified atom stereocenters. The van der Waals surface area contributed by atoms with E-state index in [0.29, 0.717) is 41.0 Å². The lowest BCUT2D eigenvalue weighted by molar-refractivity contribution is 0.102. The number of anilines is 1. The van der Waals surface area contributed by atoms with Gasteiger partial charge in [0.2, 0.25) is 0 Å². The van der Waals surface area contributed by atoms with E-state index in [4.69, 9.17) is 32.7 Å². The molecule has 0 spiro atoms. The average molecular weight is 325 g/mol. The third-order valence-corrected chi connectivity index (χ3v) is 3.39. The normalized spacial score (nSPS) is 12.9. The summed E-state index contributed by atoms with van der Waals surface area (Å²) in [5.74, 6) is 0.780. The highest BCUT2D eigenvalue weighted by molar-refractivity contribution is 6.34. The van der Waals surface area contributed by atoms with Crippen LogP contribution in [0.25, 0.3) is 0 Å². The zero-order valence-electron chi connectivity index (χ0n) is 10.7. The molecule has 0 aliphatic carbocycles. The Morgan fingerprint density at radius 2 is 1.86 bits per heavy atom. The van der Waals surface area contributed by atoms with E-state index in [0.717, 1.165) is 0 Å². The number of carbonyl (C=O) groups is 1. The van der Waals surface area contributed by atoms with Crippen molar-refractivity contribution in [1.82, 2.24) is 4.98 Å². The number of amides is 1. The minimum Gasteiger partial charge on any atom is -0.486 e. The van der Waals surface area contributed by atoms with Crippen molar-refractivity contribution in [3.8, 4) is 11.5 Å². The number of hydrogen-bond donors (Lipinski definition) is 1. The summed E-state index contributed by atoms with van der Waals surface area (Å²) in [5, 5.41) is 3.33. The van der Waals surface area contributed by atoms with Crippen LogP contribution >= 0.6 is 23.2 Å². The summed E-state index contributed by atoms with van der Waals surface area (Å²) in [6.45, 7) is 0.937. The van der Waals surface area contributed by atoms with Crippen LogP contribution in [-0.4, -0.2) is 24.1 Å². The van der Waals surface area contributed by atoms with Crippen LogP contribution in [-0.2, 0) is 0 Å². The lowest BCUT2D eigenvalue weighted by atomic mass is 10.2. The molecule has 2 aromatic rings. The van der Waals surface area contributed by atoms with E-state index in [1.165, 1.54) is 12.3 Å². The van der Waals surface area contributed by atoms with Crippen molar-refractivity contribution >= 4 is 34.8 Å². The molecule has 2 heterocycles. The average Bonchev–Trinajstić information content (AvgIpc) is 2.48. The first-order valence-corrected chi connectivity index (χ1v) is 6.91. The number of fused-ring (bicyclic) bond motifs is 1. The van der Waals surface area contributed by atoms with Crippen molar-refractivity contribution in [2.75, 3.05) is 18.5 Å². The van der Waals surface area contributed by atoms with Gasteiger partial charge in [-0.05, 0) is 12.1 Å². The molecule has 1 N–H and O–H groups in total. The molecule has 1 aromatic carbocycles. The molecule has 1 amide bonds. The molecule has 0 saturated carbocycles. The van der Waals surface area contributed by atoms with Crippen molar-refractivity contribution < 1.29 is 14.3 Å². The first-order chi connectivity index (χ1) is 10.1. The Morgan fingerprint density at radius 3 is 2.57 bits per heavy atom. The summed E-state index contributed by atoms with van der Waals surface area (Å²) in [6.07, 6.45) is 1.46. The Bertz CT molecular complexity index is 707. The fourth-order valence-corrected chi connectivity index (χ4v) is 2.27. The van der Waals surface area contributed by atoms with Crippen LogP contribution in [0.15, 0.2) is 30.5 Å². The highest BCUT2D eigenvalue weighted by atomic mass is 35.5. The third-order valence-electron chi connectivity index (χ3n) is 2.87. The number of ether oxygens (including phenoxy) is 2. The summed E-state index contributed by atoms with van der Waals surface area (Å²) in [5.41, 5.74) is 0.833. The summed E-state index contributed by atoms with van der Waals surface area (Å²) >= 11 is 11.9. The second kappa shape index (κ2) is 5.79. The Kier molecular flexibility index (Phi) is 3.86. The van der Waals surface area contributed by atoms with Crippen molar-refractivity contribution in [2.24, 2.45) is 0 Å². The molecule has 0 saturated heterocycles. The van der Waals surface area contributed by atoms with Crippen molar-refractivity contribution in [3.63, 3.8) is 0 Å². The van der Waals surface area contributed by atoms with Gasteiger partial charge in [-0.3, -0.25) is 4.79 Å². The smallest absolute Gasteiger partial charge is 0.255 e. The van der Waals surface area contributed by atoms with E-state index >= 15 is 0 Å². The molecule has 1 aliphatic heterocycles. The summed E-state index contributed by atoms with van der Waals surface area (Å²) in [4.78, 5) is 16.0. The number of carbonyl (C=O) groups excluding carboxylic acids is 1. The van der Waals surface area contributed by atoms with E-state index in [2.05, 4.69) is 10.3 Å². The molecule has 0 atom stereocenters. The van der Waals surface area contributed by atoms with Gasteiger partial charge in [0.15, 0.2) is 11.5 Å². The SMILES string of the molecule is O=C(Nc1cc2c(cc1Cl)OCCO2)c1ccnc(Cl)c1. The Labute approximate surface area is 130 Å². The quantitative estimate of drug-likeness (QED) is 0.860. The molecule has 108 valence electrons. The first-order valence-electron chi connectivity index (χ1n) is 6.15. The molecule has 0 bridgehead atoms. The van der Waals surface area contributed by atoms with E-state index < -0.39 is 0 Å². The van der Waals surface area contributed by atoms with Gasteiger partial charge in [0.25, 0.3) is 5.91 Å². The molecular weight excluding hydrogens is 315 g/mol. The fourth-order valence-electron chi connectivity index (χ4n) is 1.90. The molecular formula is C14H10Cl2N2O3. The zero-order valence-corrected chi connectivity index (χ0v) is 12.2. The molecule has 1 aromatic heterocycles. The number of pyridine rings is 1. The van der Waals surface area contributed by atoms with Gasteiger partial charge in [0, 0.05) is 23.9 Å². The van der Waals surface area contributed by atoms with Crippen molar-refractivity contribution in [2.45, 2.75) is 0 Å². The maximum absolute atomic E-state index is 12.2. The topological polar surface area (TPSA) is 60.5 Å². The van der Waals surface area contributed by atoms with Crippen LogP contribution in [0, 0.1) is 0 Å². The lowest BCUT2D eigenvalue weighted by Crippen LogP contribution is -2.17. The second-order valence-electron chi connectivity index (χ2n) is 4.30. The van der Waals surface area contributed by atoms with Crippen molar-refractivity contribution in [3.05, 3.63) is 46.2 Å². The van der Waals surface area contributed by atoms with Gasteiger partial charge in [-0.25, -0.2) is 4.98 Å². The van der Waals surface area contributed by atoms with Gasteiger partial charge >= 0.3 is 0 Å². The van der Waals surface area contributed by atoms with E-state index in [9.17, 15) is 4.79 Å². The van der Waals surface area contributed by atoms with Crippen LogP contribution < -0.4 is 14.8 Å². The molecule has 1 aliphatic rings. The highest BCUT2D eigenvalue weighted by Gasteiger charge is 2.17. The summed E-state index contributed by atoms with van der Waals surface area (Å²) in [6, 6.07) is 6.29. The van der Waals surface area contributed by atoms with Crippen LogP contribution in [0.3, 0.4) is 0 Å². The Morgan fingerprint density at radius 1 is 1.14 bits per heavy atom. The summed E-state index contributed by atoms with van der Waals surface area (Å²) < 4.78 is 10.9. The summed E-state index contributed by atoms with van der Waals surface area (Å²) in [7, 11) is 0. The predicted octanol–water partition coefficient (Wildman–Crippen LogP) is 3.41. The zero-order chi connectivity index (χ0) is 14.8. The number of nitrogens with one attached hydrogen (secondary N) is 1. The third kappa shape index (κ3) is 3.04. The highest BCUT2D eigenvalue weighted by Crippen LogP contribution is 2.38. The number of hydrogen-bond acceptors (Lipinski definition) is 4. The molecule has 0 fully saturated rings. The number of halogens is 2. The molecule has 7 heteroatoms. The van der Waals surface area contributed by atoms with Gasteiger partial charge in [-0.1, -0.05) is 23.2 Å². The van der Waals surface area contributed by atoms with Gasteiger partial charge in [0.05, 0.1) is 10.7 Å². The predicted molar refractivity (Wildman–Crippen MR) is 79.6 cm³/mol. The maximum Gasteiger partial charge on any atom is 0.255 e. The molecule has 0 radical (unpaired) electrons. The van der Waals surface area contributed by atoms with Gasteiger partial charge in [-0.2, -0.15) is 0 Å². The largest absolute Gasteiger partial charge is 0.486 e. The van der Waals surface area contributed by atoms with Crippen LogP contribution in [0.1, 0.15) is 10.4 Å². The Hall–Kier alpha value is -1.98. The number of rotatable bonds is 2. The van der Waals surface area contributed by atoms with E-state index in [1.807, 2.05) is 0 Å². The Balaban J connectivity index is 1.86. The van der Waals surface area contributed by atoms with E-state index in [-0.39, 0.29) is 11.1 Å². The van der Waals surface area contributed by atoms with Gasteiger partial charge < -0.3 is 14.8 Å². The molecule has 3 rings (SSSR count). The minimum atomic E-state index is -0.335. The monoisotopic (exact) mass is 324 g/mol. The van der Waals surface area contributed by atoms with Crippen molar-refractivity contribution in [1.29, 1.82) is 0 Å². The minimum absolute atomic E-state index is 0.246. The number of nitrogens with zero attached hydrogens (tertiary/aromatic N) is 1. The fraction of sp³-hybridized carbons (Fsp3) is 0.143. The standard InChI is InChI=1S/C14H10Cl2N2O3/c15-9-6-11-12(21-4-3-20-11)7-10(9)18-14(19)8-1-2-17-13(16)5-8/h1-2,5-7H,3-4H2,(H,18,19). The van der Waals surface area contributed by atoms with Crippen LogP contribution in [0.2, 0.25) is 10.2 Å². The number of benzene rings is 1.